The third-order valence-electron chi connectivity index (χ3n) is 4.40. The number of pyridine rings is 1. The molecule has 6 nitrogen and oxygen atoms in total. The summed E-state index contributed by atoms with van der Waals surface area (Å²) in [4.78, 5) is 36.3. The van der Waals surface area contributed by atoms with E-state index in [0.29, 0.717) is 21.8 Å². The number of nitrogens with zero attached hydrogens (tertiary/aromatic N) is 3. The predicted octanol–water partition coefficient (Wildman–Crippen LogP) is 2.87. The van der Waals surface area contributed by atoms with Gasteiger partial charge in [0.15, 0.2) is 16.6 Å². The number of rotatable bonds is 4. The van der Waals surface area contributed by atoms with Gasteiger partial charge in [-0.05, 0) is 45.4 Å². The van der Waals surface area contributed by atoms with Gasteiger partial charge in [-0.3, -0.25) is 9.59 Å². The maximum atomic E-state index is 12.5. The van der Waals surface area contributed by atoms with E-state index in [0.717, 1.165) is 22.6 Å². The number of aromatic nitrogens is 4. The molecule has 0 amide bonds. The Kier molecular flexibility index (Phi) is 4.51. The first-order valence-corrected chi connectivity index (χ1v) is 8.93. The highest BCUT2D eigenvalue weighted by atomic mass is 32.2. The molecule has 0 unspecified atom stereocenters. The van der Waals surface area contributed by atoms with E-state index in [-0.39, 0.29) is 17.1 Å². The van der Waals surface area contributed by atoms with E-state index in [1.807, 2.05) is 51.4 Å². The van der Waals surface area contributed by atoms with Crippen molar-refractivity contribution >= 4 is 28.6 Å². The first-order chi connectivity index (χ1) is 11.8. The Bertz CT molecular complexity index is 1050. The number of thioether (sulfide) groups is 1. The largest absolute Gasteiger partial charge is 0.351 e. The van der Waals surface area contributed by atoms with Gasteiger partial charge < -0.3 is 9.55 Å². The van der Waals surface area contributed by atoms with E-state index >= 15 is 0 Å². The lowest BCUT2D eigenvalue weighted by molar-refractivity contribution is 0.102. The lowest BCUT2D eigenvalue weighted by Crippen LogP contribution is -2.13. The summed E-state index contributed by atoms with van der Waals surface area (Å²) in [7, 11) is 1.94. The fourth-order valence-corrected chi connectivity index (χ4v) is 3.62. The molecule has 0 spiro atoms. The monoisotopic (exact) mass is 356 g/mol. The van der Waals surface area contributed by atoms with Gasteiger partial charge in [0.05, 0.1) is 11.1 Å². The number of hydrogen-bond acceptors (Lipinski definition) is 5. The molecule has 3 aromatic rings. The van der Waals surface area contributed by atoms with Crippen molar-refractivity contribution in [2.75, 3.05) is 5.75 Å². The maximum absolute atomic E-state index is 12.5. The number of nitrogens with one attached hydrogen (secondary N) is 1. The second-order valence-corrected chi connectivity index (χ2v) is 7.17. The topological polar surface area (TPSA) is 80.6 Å². The fraction of sp³-hybridized carbons (Fsp3) is 0.333. The molecule has 3 rings (SSSR count). The lowest BCUT2D eigenvalue weighted by Gasteiger charge is -2.05. The number of aryl methyl sites for hydroxylation is 3. The predicted molar refractivity (Wildman–Crippen MR) is 99.6 cm³/mol. The minimum absolute atomic E-state index is 0.0160. The van der Waals surface area contributed by atoms with Crippen LogP contribution < -0.4 is 5.56 Å². The molecule has 3 heterocycles. The summed E-state index contributed by atoms with van der Waals surface area (Å²) in [6.07, 6.45) is 0. The molecule has 0 saturated carbocycles. The standard InChI is InChI=1S/C18H20N4O2S/c1-9-6-10(2)19-16-15(9)17(24)21-18(20-16)25-8-14(23)13-7-11(3)22(5)12(13)4/h6-7H,8H2,1-5H3,(H,19,20,21,24). The molecule has 0 bridgehead atoms. The Hall–Kier alpha value is -2.41. The van der Waals surface area contributed by atoms with Crippen molar-refractivity contribution in [3.05, 3.63) is 50.7 Å². The SMILES string of the molecule is Cc1cc(C)c2c(=O)[nH]c(SCC(=O)c3cc(C)n(C)c3C)nc2n1. The van der Waals surface area contributed by atoms with E-state index in [1.165, 1.54) is 11.8 Å². The van der Waals surface area contributed by atoms with Crippen LogP contribution in [-0.2, 0) is 7.05 Å². The first kappa shape index (κ1) is 17.4. The van der Waals surface area contributed by atoms with Crippen LogP contribution in [-0.4, -0.2) is 31.1 Å². The molecule has 0 saturated heterocycles. The van der Waals surface area contributed by atoms with Gasteiger partial charge in [0, 0.05) is 29.7 Å². The maximum Gasteiger partial charge on any atom is 0.261 e. The minimum Gasteiger partial charge on any atom is -0.351 e. The van der Waals surface area contributed by atoms with E-state index in [1.54, 1.807) is 0 Å². The summed E-state index contributed by atoms with van der Waals surface area (Å²) in [6, 6.07) is 3.75. The summed E-state index contributed by atoms with van der Waals surface area (Å²) in [5.74, 6) is 0.228. The van der Waals surface area contributed by atoms with Gasteiger partial charge in [-0.15, -0.1) is 0 Å². The number of carbonyl (C=O) groups is 1. The average Bonchev–Trinajstić information content (AvgIpc) is 2.79. The van der Waals surface area contributed by atoms with Crippen LogP contribution in [0.25, 0.3) is 11.0 Å². The summed E-state index contributed by atoms with van der Waals surface area (Å²) < 4.78 is 1.99. The van der Waals surface area contributed by atoms with Gasteiger partial charge in [0.25, 0.3) is 5.56 Å². The molecule has 0 atom stereocenters. The van der Waals surface area contributed by atoms with Crippen LogP contribution >= 0.6 is 11.8 Å². The Morgan fingerprint density at radius 1 is 1.20 bits per heavy atom. The van der Waals surface area contributed by atoms with Crippen LogP contribution in [0.2, 0.25) is 0 Å². The van der Waals surface area contributed by atoms with Crippen LogP contribution in [0.3, 0.4) is 0 Å². The summed E-state index contributed by atoms with van der Waals surface area (Å²) >= 11 is 1.22. The summed E-state index contributed by atoms with van der Waals surface area (Å²) in [5, 5.41) is 0.907. The van der Waals surface area contributed by atoms with Crippen LogP contribution in [0.4, 0.5) is 0 Å². The van der Waals surface area contributed by atoms with Gasteiger partial charge in [0.2, 0.25) is 0 Å². The van der Waals surface area contributed by atoms with Crippen LogP contribution in [0.1, 0.15) is 33.0 Å². The molecule has 0 fully saturated rings. The molecule has 25 heavy (non-hydrogen) atoms. The van der Waals surface area contributed by atoms with Gasteiger partial charge in [-0.1, -0.05) is 11.8 Å². The molecule has 3 aromatic heterocycles. The Morgan fingerprint density at radius 3 is 2.56 bits per heavy atom. The van der Waals surface area contributed by atoms with E-state index in [4.69, 9.17) is 0 Å². The number of aromatic amines is 1. The van der Waals surface area contributed by atoms with Crippen molar-refractivity contribution in [1.82, 2.24) is 19.5 Å². The molecular weight excluding hydrogens is 336 g/mol. The second kappa shape index (κ2) is 6.48. The molecular formula is C18H20N4O2S. The Labute approximate surface area is 149 Å². The number of carbonyl (C=O) groups excluding carboxylic acids is 1. The molecule has 0 aliphatic rings. The van der Waals surface area contributed by atoms with Crippen LogP contribution in [0.5, 0.6) is 0 Å². The van der Waals surface area contributed by atoms with E-state index < -0.39 is 0 Å². The molecule has 0 radical (unpaired) electrons. The number of ketones is 1. The second-order valence-electron chi connectivity index (χ2n) is 6.21. The summed E-state index contributed by atoms with van der Waals surface area (Å²) in [6.45, 7) is 7.63. The van der Waals surface area contributed by atoms with Crippen LogP contribution in [0, 0.1) is 27.7 Å². The van der Waals surface area contributed by atoms with Gasteiger partial charge in [-0.2, -0.15) is 0 Å². The van der Waals surface area contributed by atoms with Crippen molar-refractivity contribution < 1.29 is 4.79 Å². The third-order valence-corrected chi connectivity index (χ3v) is 5.27. The smallest absolute Gasteiger partial charge is 0.261 e. The minimum atomic E-state index is -0.225. The highest BCUT2D eigenvalue weighted by molar-refractivity contribution is 7.99. The molecule has 1 N–H and O–H groups in total. The number of hydrogen-bond donors (Lipinski definition) is 1. The molecule has 130 valence electrons. The van der Waals surface area contributed by atoms with Crippen molar-refractivity contribution in [3.8, 4) is 0 Å². The number of H-pyrrole nitrogens is 1. The zero-order chi connectivity index (χ0) is 18.3. The van der Waals surface area contributed by atoms with Crippen LogP contribution in [0.15, 0.2) is 22.1 Å². The number of Topliss-reactive ketones (excluding diaryl/α,β-unsaturated/α-hetero) is 1. The van der Waals surface area contributed by atoms with E-state index in [9.17, 15) is 9.59 Å². The Morgan fingerprint density at radius 2 is 1.92 bits per heavy atom. The highest BCUT2D eigenvalue weighted by Gasteiger charge is 2.16. The zero-order valence-electron chi connectivity index (χ0n) is 14.9. The van der Waals surface area contributed by atoms with Crippen molar-refractivity contribution in [2.45, 2.75) is 32.9 Å². The van der Waals surface area contributed by atoms with Gasteiger partial charge in [0.1, 0.15) is 0 Å². The highest BCUT2D eigenvalue weighted by Crippen LogP contribution is 2.20. The molecule has 7 heteroatoms. The normalized spacial score (nSPS) is 11.2. The fourth-order valence-electron chi connectivity index (χ4n) is 2.88. The van der Waals surface area contributed by atoms with Gasteiger partial charge in [-0.25, -0.2) is 9.97 Å². The average molecular weight is 356 g/mol. The molecule has 0 aliphatic carbocycles. The molecule has 0 aliphatic heterocycles. The summed E-state index contributed by atoms with van der Waals surface area (Å²) in [5.41, 5.74) is 4.54. The van der Waals surface area contributed by atoms with Gasteiger partial charge >= 0.3 is 0 Å². The Balaban J connectivity index is 1.87. The quantitative estimate of drug-likeness (QED) is 0.442. The van der Waals surface area contributed by atoms with E-state index in [2.05, 4.69) is 15.0 Å². The first-order valence-electron chi connectivity index (χ1n) is 7.95. The number of fused-ring (bicyclic) bond motifs is 1. The third kappa shape index (κ3) is 3.24. The van der Waals surface area contributed by atoms with Crippen molar-refractivity contribution in [3.63, 3.8) is 0 Å². The molecule has 0 aromatic carbocycles. The van der Waals surface area contributed by atoms with Crippen molar-refractivity contribution in [1.29, 1.82) is 0 Å². The lowest BCUT2D eigenvalue weighted by atomic mass is 10.2. The van der Waals surface area contributed by atoms with Crippen molar-refractivity contribution in [2.24, 2.45) is 7.05 Å². The zero-order valence-corrected chi connectivity index (χ0v) is 15.7.